The normalized spacial score (nSPS) is 12.1. The lowest BCUT2D eigenvalue weighted by atomic mass is 10.1. The summed E-state index contributed by atoms with van der Waals surface area (Å²) in [7, 11) is 2.46. The largest absolute Gasteiger partial charge is 0.493 e. The summed E-state index contributed by atoms with van der Waals surface area (Å²) in [6.45, 7) is 1.24. The molecule has 0 aliphatic carbocycles. The molecule has 0 spiro atoms. The topological polar surface area (TPSA) is 147 Å². The second kappa shape index (κ2) is 10.9. The Labute approximate surface area is 230 Å². The van der Waals surface area contributed by atoms with E-state index in [4.69, 9.17) is 9.47 Å². The number of methoxy groups -OCH3 is 2. The number of nitro benzene ring substituents is 1. The van der Waals surface area contributed by atoms with Crippen LogP contribution in [0.15, 0.2) is 41.5 Å². The third-order valence-electron chi connectivity index (χ3n) is 5.85. The van der Waals surface area contributed by atoms with Gasteiger partial charge in [-0.2, -0.15) is 31.4 Å². The highest BCUT2D eigenvalue weighted by molar-refractivity contribution is 5.95. The molecule has 0 atom stereocenters. The van der Waals surface area contributed by atoms with Crippen molar-refractivity contribution in [3.8, 4) is 17.2 Å². The summed E-state index contributed by atoms with van der Waals surface area (Å²) in [6.07, 6.45) is -9.20. The van der Waals surface area contributed by atoms with Gasteiger partial charge in [0.1, 0.15) is 5.69 Å². The molecule has 1 N–H and O–H groups in total. The molecule has 12 nitrogen and oxygen atoms in total. The molecular weight excluding hydrogens is 580 g/mol. The molecule has 4 aromatic rings. The van der Waals surface area contributed by atoms with Crippen LogP contribution in [0.25, 0.3) is 16.6 Å². The maximum absolute atomic E-state index is 13.6. The minimum atomic E-state index is -5.11. The summed E-state index contributed by atoms with van der Waals surface area (Å²) in [4.78, 5) is 26.8. The number of pyridine rings is 1. The van der Waals surface area contributed by atoms with Crippen LogP contribution in [0.3, 0.4) is 0 Å². The Kier molecular flexibility index (Phi) is 7.73. The molecule has 0 aliphatic rings. The van der Waals surface area contributed by atoms with E-state index < -0.39 is 57.0 Å². The van der Waals surface area contributed by atoms with Crippen molar-refractivity contribution >= 4 is 28.7 Å². The lowest BCUT2D eigenvalue weighted by Gasteiger charge is -2.15. The summed E-state index contributed by atoms with van der Waals surface area (Å²) in [5.74, 6) is -1.16. The fraction of sp³-hybridized carbons (Fsp3) is 0.208. The number of nitrogens with one attached hydrogen (secondary N) is 1. The molecule has 0 aliphatic heterocycles. The van der Waals surface area contributed by atoms with Crippen LogP contribution in [0.5, 0.6) is 11.5 Å². The smallest absolute Gasteiger partial charge is 0.433 e. The Morgan fingerprint density at radius 2 is 1.81 bits per heavy atom. The predicted octanol–water partition coefficient (Wildman–Crippen LogP) is 4.85. The molecule has 2 heterocycles. The molecule has 2 aromatic carbocycles. The Bertz CT molecular complexity index is 1730. The number of nitrogens with zero attached hydrogens (tertiary/aromatic N) is 6. The van der Waals surface area contributed by atoms with E-state index >= 15 is 0 Å². The number of aromatic nitrogens is 4. The van der Waals surface area contributed by atoms with Gasteiger partial charge >= 0.3 is 18.0 Å². The first kappa shape index (κ1) is 29.7. The molecule has 4 rings (SSSR count). The van der Waals surface area contributed by atoms with Crippen molar-refractivity contribution in [2.24, 2.45) is 5.10 Å². The van der Waals surface area contributed by atoms with Crippen LogP contribution in [0.1, 0.15) is 33.0 Å². The van der Waals surface area contributed by atoms with Gasteiger partial charge in [-0.25, -0.2) is 15.1 Å². The average Bonchev–Trinajstić information content (AvgIpc) is 3.31. The van der Waals surface area contributed by atoms with Crippen LogP contribution in [-0.2, 0) is 12.4 Å². The third kappa shape index (κ3) is 5.50. The molecule has 18 heteroatoms. The summed E-state index contributed by atoms with van der Waals surface area (Å²) >= 11 is 0. The first-order valence-electron chi connectivity index (χ1n) is 11.4. The molecule has 0 unspecified atom stereocenters. The zero-order valence-corrected chi connectivity index (χ0v) is 21.5. The minimum absolute atomic E-state index is 0.0669. The zero-order valence-electron chi connectivity index (χ0n) is 21.5. The molecule has 0 saturated carbocycles. The van der Waals surface area contributed by atoms with E-state index in [9.17, 15) is 41.3 Å². The summed E-state index contributed by atoms with van der Waals surface area (Å²) in [5, 5.41) is 22.2. The van der Waals surface area contributed by atoms with Gasteiger partial charge in [-0.05, 0) is 31.2 Å². The SMILES string of the molecule is COc1ccc(/C=N/NC(=O)c2nnn(-c3cc(C(F)(F)F)nc4c(C(F)(F)F)cccc34)c2C)c([N+](=O)[O-])c1OC. The first-order valence-corrected chi connectivity index (χ1v) is 11.4. The lowest BCUT2D eigenvalue weighted by Crippen LogP contribution is -2.19. The quantitative estimate of drug-likeness (QED) is 0.138. The first-order chi connectivity index (χ1) is 19.7. The molecule has 0 saturated heterocycles. The standard InChI is InChI=1S/C24H17F6N7O5/c1-11-18(22(38)34-31-10-12-7-8-16(41-2)21(42-3)20(12)37(39)40)33-35-36(11)15-9-17(24(28,29)30)32-19-13(15)5-4-6-14(19)23(25,26)27/h4-10H,1-3H3,(H,34,38)/b31-10+. The number of fused-ring (bicyclic) bond motifs is 1. The molecule has 2 aromatic heterocycles. The van der Waals surface area contributed by atoms with Gasteiger partial charge in [0.2, 0.25) is 5.75 Å². The highest BCUT2D eigenvalue weighted by Gasteiger charge is 2.38. The highest BCUT2D eigenvalue weighted by Crippen LogP contribution is 2.40. The van der Waals surface area contributed by atoms with Gasteiger partial charge in [0.05, 0.1) is 53.4 Å². The van der Waals surface area contributed by atoms with E-state index in [0.29, 0.717) is 12.1 Å². The average molecular weight is 597 g/mol. The number of ether oxygens (including phenoxy) is 2. The van der Waals surface area contributed by atoms with E-state index in [0.717, 1.165) is 23.0 Å². The number of hydrogen-bond acceptors (Lipinski definition) is 9. The van der Waals surface area contributed by atoms with Gasteiger partial charge in [0.25, 0.3) is 5.91 Å². The van der Waals surface area contributed by atoms with Crippen molar-refractivity contribution in [2.45, 2.75) is 19.3 Å². The third-order valence-corrected chi connectivity index (χ3v) is 5.85. The molecule has 220 valence electrons. The monoisotopic (exact) mass is 597 g/mol. The zero-order chi connectivity index (χ0) is 31.0. The van der Waals surface area contributed by atoms with Gasteiger partial charge < -0.3 is 9.47 Å². The van der Waals surface area contributed by atoms with Crippen molar-refractivity contribution in [3.63, 3.8) is 0 Å². The van der Waals surface area contributed by atoms with Gasteiger partial charge in [0, 0.05) is 5.39 Å². The van der Waals surface area contributed by atoms with Crippen molar-refractivity contribution in [1.82, 2.24) is 25.4 Å². The Morgan fingerprint density at radius 1 is 1.10 bits per heavy atom. The highest BCUT2D eigenvalue weighted by atomic mass is 19.4. The predicted molar refractivity (Wildman–Crippen MR) is 133 cm³/mol. The van der Waals surface area contributed by atoms with Gasteiger partial charge in [-0.3, -0.25) is 14.9 Å². The minimum Gasteiger partial charge on any atom is -0.493 e. The van der Waals surface area contributed by atoms with Crippen LogP contribution in [0, 0.1) is 17.0 Å². The summed E-state index contributed by atoms with van der Waals surface area (Å²) in [5.41, 5.74) is -3.59. The van der Waals surface area contributed by atoms with Gasteiger partial charge in [0.15, 0.2) is 11.4 Å². The number of nitro groups is 1. The maximum atomic E-state index is 13.6. The van der Waals surface area contributed by atoms with Gasteiger partial charge in [-0.15, -0.1) is 5.10 Å². The number of carbonyl (C=O) groups excluding carboxylic acids is 1. The Balaban J connectivity index is 1.73. The van der Waals surface area contributed by atoms with E-state index in [1.54, 1.807) is 0 Å². The van der Waals surface area contributed by atoms with Crippen molar-refractivity contribution < 1.29 is 45.5 Å². The van der Waals surface area contributed by atoms with E-state index in [2.05, 4.69) is 25.8 Å². The molecule has 0 radical (unpaired) electrons. The number of benzene rings is 2. The number of rotatable bonds is 7. The second-order valence-corrected chi connectivity index (χ2v) is 8.35. The van der Waals surface area contributed by atoms with Crippen LogP contribution in [-0.4, -0.2) is 51.2 Å². The Hall–Kier alpha value is -5.29. The maximum Gasteiger partial charge on any atom is 0.433 e. The van der Waals surface area contributed by atoms with E-state index in [1.807, 2.05) is 0 Å². The van der Waals surface area contributed by atoms with Crippen LogP contribution in [0.4, 0.5) is 32.0 Å². The lowest BCUT2D eigenvalue weighted by molar-refractivity contribution is -0.385. The number of hydrazone groups is 1. The van der Waals surface area contributed by atoms with Crippen molar-refractivity contribution in [2.75, 3.05) is 14.2 Å². The van der Waals surface area contributed by atoms with E-state index in [1.165, 1.54) is 33.3 Å². The molecule has 0 fully saturated rings. The number of halogens is 6. The van der Waals surface area contributed by atoms with Gasteiger partial charge in [-0.1, -0.05) is 17.3 Å². The van der Waals surface area contributed by atoms with Crippen LogP contribution < -0.4 is 14.9 Å². The Morgan fingerprint density at radius 3 is 2.40 bits per heavy atom. The number of hydrogen-bond donors (Lipinski definition) is 1. The van der Waals surface area contributed by atoms with E-state index in [-0.39, 0.29) is 28.1 Å². The molecular formula is C24H17F6N7O5. The number of alkyl halides is 6. The number of carbonyl (C=O) groups is 1. The van der Waals surface area contributed by atoms with Crippen LogP contribution in [0.2, 0.25) is 0 Å². The summed E-state index contributed by atoms with van der Waals surface area (Å²) in [6, 6.07) is 5.83. The van der Waals surface area contributed by atoms with Crippen LogP contribution >= 0.6 is 0 Å². The fourth-order valence-electron chi connectivity index (χ4n) is 3.98. The van der Waals surface area contributed by atoms with Crippen molar-refractivity contribution in [3.05, 3.63) is 74.7 Å². The number of amides is 1. The fourth-order valence-corrected chi connectivity index (χ4v) is 3.98. The van der Waals surface area contributed by atoms with Crippen molar-refractivity contribution in [1.29, 1.82) is 0 Å². The molecule has 1 amide bonds. The molecule has 42 heavy (non-hydrogen) atoms. The molecule has 0 bridgehead atoms. The summed E-state index contributed by atoms with van der Waals surface area (Å²) < 4.78 is 92.4. The number of para-hydroxylation sites is 1. The second-order valence-electron chi connectivity index (χ2n) is 8.35.